The van der Waals surface area contributed by atoms with E-state index in [1.807, 2.05) is 34.0 Å². The maximum Gasteiger partial charge on any atom is 0.323 e. The first-order chi connectivity index (χ1) is 34.0. The third-order valence-corrected chi connectivity index (χ3v) is 10.8. The lowest BCUT2D eigenvalue weighted by Gasteiger charge is -2.11. The van der Waals surface area contributed by atoms with Crippen LogP contribution in [0.4, 0.5) is 0 Å². The molecule has 32 N–H and O–H groups in total. The minimum Gasteiger partial charge on any atom is -0.480 e. The lowest BCUT2D eigenvalue weighted by Crippen LogP contribution is -2.39. The van der Waals surface area contributed by atoms with Gasteiger partial charge in [0.05, 0.1) is 19.3 Å². The third kappa shape index (κ3) is 75.9. The van der Waals surface area contributed by atoms with E-state index in [4.69, 9.17) is 113 Å². The van der Waals surface area contributed by atoms with Crippen LogP contribution in [0.2, 0.25) is 0 Å². The summed E-state index contributed by atoms with van der Waals surface area (Å²) in [7, 11) is 2.41. The van der Waals surface area contributed by atoms with Crippen LogP contribution in [0, 0.1) is 17.8 Å². The van der Waals surface area contributed by atoms with Crippen LogP contribution in [-0.4, -0.2) is 218 Å². The summed E-state index contributed by atoms with van der Waals surface area (Å²) < 4.78 is 0. The number of aliphatic carboxylic acids is 10. The number of carboxylic acids is 10. The molecular weight excluding hydrogens is 1070 g/mol. The first kappa shape index (κ1) is 89.8. The average Bonchev–Trinajstić information content (AvgIpc) is 3.31. The number of aliphatic hydroxyl groups is 2. The number of thioether (sulfide) groups is 1. The third-order valence-electron chi connectivity index (χ3n) is 7.63. The number of rotatable bonds is 25. The second kappa shape index (κ2) is 57.0. The van der Waals surface area contributed by atoms with Gasteiger partial charge < -0.3 is 119 Å². The number of aliphatic hydroxyl groups excluding tert-OH is 2. The predicted molar refractivity (Wildman–Crippen MR) is 283 cm³/mol. The molecule has 0 heterocycles. The van der Waals surface area contributed by atoms with Crippen molar-refractivity contribution in [2.75, 3.05) is 36.7 Å². The molecule has 0 amide bonds. The lowest BCUT2D eigenvalue weighted by atomic mass is 10.0. The van der Waals surface area contributed by atoms with E-state index in [2.05, 4.69) is 5.73 Å². The molecule has 0 unspecified atom stereocenters. The monoisotopic (exact) mass is 1160 g/mol. The Hall–Kier alpha value is -4.73. The SMILES string of the molecule is CC(C)C[C@H](N)C(=O)O.CC(C)[C@H](N)C(=O)O.CC[C@H](C)[C@H](N)C(=O)O.CSCC[C@H](N)C(=O)O.C[C@@H](O)[C@H](N)C(=O)O.C[C@H](N)C(=O)O.NCC(=O)O.N[C@@H](CO)C(=O)O.N[C@@H](CSSC[C@H](N)C(=O)O)C(=O)O. The van der Waals surface area contributed by atoms with Gasteiger partial charge in [0.25, 0.3) is 0 Å². The Morgan fingerprint density at radius 2 is 0.773 bits per heavy atom. The van der Waals surface area contributed by atoms with Gasteiger partial charge in [0, 0.05) is 11.5 Å². The molecule has 11 atom stereocenters. The zero-order valence-corrected chi connectivity index (χ0v) is 46.1. The number of carboxylic acid groups (broad SMARTS) is 10. The summed E-state index contributed by atoms with van der Waals surface area (Å²) in [6.45, 7) is 13.2. The van der Waals surface area contributed by atoms with Gasteiger partial charge in [-0.2, -0.15) is 11.8 Å². The van der Waals surface area contributed by atoms with Crippen molar-refractivity contribution in [3.8, 4) is 0 Å². The van der Waals surface area contributed by atoms with E-state index >= 15 is 0 Å². The molecule has 0 aliphatic carbocycles. The maximum absolute atomic E-state index is 10.3. The first-order valence-electron chi connectivity index (χ1n) is 21.8. The molecule has 75 heavy (non-hydrogen) atoms. The van der Waals surface area contributed by atoms with E-state index in [-0.39, 0.29) is 29.9 Å². The van der Waals surface area contributed by atoms with Gasteiger partial charge in [0.1, 0.15) is 54.4 Å². The Morgan fingerprint density at radius 3 is 0.880 bits per heavy atom. The van der Waals surface area contributed by atoms with Crippen molar-refractivity contribution in [2.45, 2.75) is 135 Å². The summed E-state index contributed by atoms with van der Waals surface area (Å²) in [5.41, 5.74) is 50.3. The van der Waals surface area contributed by atoms with E-state index in [9.17, 15) is 47.9 Å². The number of hydrogen-bond donors (Lipinski definition) is 22. The van der Waals surface area contributed by atoms with Crippen molar-refractivity contribution in [1.29, 1.82) is 0 Å². The van der Waals surface area contributed by atoms with Crippen LogP contribution in [0.5, 0.6) is 0 Å². The largest absolute Gasteiger partial charge is 0.480 e. The molecule has 0 aliphatic heterocycles. The van der Waals surface area contributed by atoms with Crippen molar-refractivity contribution >= 4 is 93.0 Å². The molecule has 0 saturated carbocycles. The molecular formula is C40H88N10O22S3. The van der Waals surface area contributed by atoms with E-state index in [1.165, 1.54) is 35.4 Å². The van der Waals surface area contributed by atoms with Crippen LogP contribution in [0.3, 0.4) is 0 Å². The van der Waals surface area contributed by atoms with Crippen molar-refractivity contribution in [3.05, 3.63) is 0 Å². The molecule has 0 spiro atoms. The van der Waals surface area contributed by atoms with Crippen molar-refractivity contribution in [3.63, 3.8) is 0 Å². The standard InChI is InChI=1S/C6H12N2O4S2.2C6H13NO2.C5H11NO2S.C5H11NO2.C4H9NO3.C3H7NO3.C3H7NO2.C2H5NO2/c7-3(5(9)10)1-13-14-2-4(8)6(11)12;1-4(2)3-5(7)6(8)9;1-3-4(2)5(7)6(8)9;1-9-3-2-4(6)5(7)8;1-3(2)4(6)5(7)8;1-2(6)3(5)4(7)8;4-2(1-5)3(6)7;1-2(4)3(5)6;3-1-2(4)5/h3-4H,1-2,7-8H2,(H,9,10)(H,11,12);2*4-5H,3,7H2,1-2H3,(H,8,9);4H,2-3,6H2,1H3,(H,7,8);3-4H,6H2,1-2H3,(H,7,8);2-3,6H,5H2,1H3,(H,7,8);2,5H,1,4H2,(H,6,7);2H,4H2,1H3,(H,5,6);1,3H2,(H,4,5)/t3-,4-;5-;4-,5-;2*4-;2-,3+;2*2-;/m00000100./s1. The number of nitrogens with two attached hydrogens (primary N) is 10. The minimum atomic E-state index is -1.18. The van der Waals surface area contributed by atoms with E-state index in [1.54, 1.807) is 25.6 Å². The molecule has 0 aliphatic rings. The van der Waals surface area contributed by atoms with Crippen molar-refractivity contribution < 1.29 is 109 Å². The van der Waals surface area contributed by atoms with Crippen molar-refractivity contribution in [2.24, 2.45) is 75.1 Å². The highest BCUT2D eigenvalue weighted by molar-refractivity contribution is 8.76. The maximum atomic E-state index is 10.3. The Morgan fingerprint density at radius 1 is 0.467 bits per heavy atom. The number of hydrogen-bond acceptors (Lipinski definition) is 25. The molecule has 0 saturated heterocycles. The van der Waals surface area contributed by atoms with E-state index < -0.39 is 127 Å². The zero-order valence-electron chi connectivity index (χ0n) is 43.6. The minimum absolute atomic E-state index is 0.0208. The fourth-order valence-electron chi connectivity index (χ4n) is 2.43. The molecule has 32 nitrogen and oxygen atoms in total. The van der Waals surface area contributed by atoms with Gasteiger partial charge in [-0.1, -0.05) is 69.6 Å². The number of carbonyl (C=O) groups is 10. The van der Waals surface area contributed by atoms with Crippen LogP contribution in [0.1, 0.15) is 74.7 Å². The van der Waals surface area contributed by atoms with Gasteiger partial charge in [-0.25, -0.2) is 0 Å². The van der Waals surface area contributed by atoms with Gasteiger partial charge in [-0.05, 0) is 56.5 Å². The smallest absolute Gasteiger partial charge is 0.323 e. The second-order valence-electron chi connectivity index (χ2n) is 15.6. The highest BCUT2D eigenvalue weighted by Gasteiger charge is 2.19. The predicted octanol–water partition coefficient (Wildman–Crippen LogP) is -4.10. The van der Waals surface area contributed by atoms with Crippen LogP contribution >= 0.6 is 33.3 Å². The summed E-state index contributed by atoms with van der Waals surface area (Å²) >= 11 is 1.60. The van der Waals surface area contributed by atoms with E-state index in [0.717, 1.165) is 12.2 Å². The van der Waals surface area contributed by atoms with Crippen LogP contribution < -0.4 is 57.3 Å². The summed E-state index contributed by atoms with van der Waals surface area (Å²) in [5.74, 6) is -8.38. The molecule has 0 radical (unpaired) electrons. The molecule has 0 bridgehead atoms. The summed E-state index contributed by atoms with van der Waals surface area (Å²) in [4.78, 5) is 99.2. The first-order valence-corrected chi connectivity index (χ1v) is 25.6. The Labute approximate surface area is 447 Å². The Bertz CT molecular complexity index is 1520. The fraction of sp³-hybridized carbons (Fsp3) is 0.750. The molecule has 0 aromatic heterocycles. The Kier molecular flexibility index (Phi) is 68.2. The molecule has 0 rings (SSSR count). The summed E-state index contributed by atoms with van der Waals surface area (Å²) in [5, 5.41) is 97.9. The molecule has 35 heteroatoms. The van der Waals surface area contributed by atoms with Gasteiger partial charge in [0.15, 0.2) is 0 Å². The van der Waals surface area contributed by atoms with Crippen LogP contribution in [0.15, 0.2) is 0 Å². The van der Waals surface area contributed by atoms with Crippen molar-refractivity contribution in [1.82, 2.24) is 0 Å². The fourth-order valence-corrected chi connectivity index (χ4v) is 5.15. The van der Waals surface area contributed by atoms with Gasteiger partial charge >= 0.3 is 59.7 Å². The zero-order chi connectivity index (χ0) is 62.1. The summed E-state index contributed by atoms with van der Waals surface area (Å²) in [6.07, 6.45) is 2.86. The second-order valence-corrected chi connectivity index (χ2v) is 19.1. The quantitative estimate of drug-likeness (QED) is 0.0305. The van der Waals surface area contributed by atoms with Crippen LogP contribution in [0.25, 0.3) is 0 Å². The Balaban J connectivity index is -0.0000000946. The highest BCUT2D eigenvalue weighted by Crippen LogP contribution is 2.22. The highest BCUT2D eigenvalue weighted by atomic mass is 33.1. The van der Waals surface area contributed by atoms with Crippen LogP contribution in [-0.2, 0) is 47.9 Å². The molecule has 0 aromatic rings. The van der Waals surface area contributed by atoms with Gasteiger partial charge in [-0.15, -0.1) is 0 Å². The molecule has 0 fully saturated rings. The van der Waals surface area contributed by atoms with E-state index in [0.29, 0.717) is 18.8 Å². The average molecular weight is 1160 g/mol. The lowest BCUT2D eigenvalue weighted by molar-refractivity contribution is -0.141. The topological polar surface area (TPSA) is 674 Å². The van der Waals surface area contributed by atoms with Gasteiger partial charge in [-0.3, -0.25) is 47.9 Å². The molecule has 448 valence electrons. The normalized spacial score (nSPS) is 14.2. The van der Waals surface area contributed by atoms with Gasteiger partial charge in [0.2, 0.25) is 0 Å². The molecule has 0 aromatic carbocycles. The summed E-state index contributed by atoms with van der Waals surface area (Å²) in [6, 6.07) is -7.64.